The largest absolute Gasteiger partial charge is 0.367 e. The molecule has 0 saturated carbocycles. The van der Waals surface area contributed by atoms with Gasteiger partial charge in [-0.15, -0.1) is 0 Å². The van der Waals surface area contributed by atoms with E-state index < -0.39 is 0 Å². The van der Waals surface area contributed by atoms with Gasteiger partial charge in [-0.25, -0.2) is 4.98 Å². The van der Waals surface area contributed by atoms with Gasteiger partial charge in [0.2, 0.25) is 0 Å². The first-order valence-electron chi connectivity index (χ1n) is 6.33. The summed E-state index contributed by atoms with van der Waals surface area (Å²) in [5.41, 5.74) is 1.34. The van der Waals surface area contributed by atoms with E-state index in [0.29, 0.717) is 12.0 Å². The van der Waals surface area contributed by atoms with E-state index in [1.165, 1.54) is 16.3 Å². The molecule has 96 valence electrons. The molecule has 0 atom stereocenters. The third-order valence-corrected chi connectivity index (χ3v) is 3.59. The van der Waals surface area contributed by atoms with Gasteiger partial charge in [-0.2, -0.15) is 0 Å². The van der Waals surface area contributed by atoms with Crippen molar-refractivity contribution in [3.63, 3.8) is 0 Å². The molecular formula is C15H19BrN2. The lowest BCUT2D eigenvalue weighted by Gasteiger charge is -2.14. The maximum Gasteiger partial charge on any atom is 0.134 e. The van der Waals surface area contributed by atoms with Crippen LogP contribution in [0.25, 0.3) is 10.8 Å². The summed E-state index contributed by atoms with van der Waals surface area (Å²) in [6.45, 7) is 8.67. The minimum atomic E-state index is 0.379. The molecular weight excluding hydrogens is 288 g/mol. The van der Waals surface area contributed by atoms with Gasteiger partial charge in [0.05, 0.1) is 0 Å². The van der Waals surface area contributed by atoms with Crippen molar-refractivity contribution in [3.8, 4) is 0 Å². The standard InChI is InChI=1S/C15H19BrN2/c1-9(2)11-5-6-12-13(7-11)15(18-10(3)4)17-8-14(12)16/h5-10H,1-4H3,(H,17,18). The van der Waals surface area contributed by atoms with Crippen LogP contribution in [0.3, 0.4) is 0 Å². The molecule has 0 unspecified atom stereocenters. The molecule has 1 aromatic heterocycles. The second kappa shape index (κ2) is 5.27. The zero-order valence-electron chi connectivity index (χ0n) is 11.3. The average Bonchev–Trinajstić information content (AvgIpc) is 2.32. The van der Waals surface area contributed by atoms with Crippen LogP contribution in [-0.4, -0.2) is 11.0 Å². The van der Waals surface area contributed by atoms with E-state index in [-0.39, 0.29) is 0 Å². The van der Waals surface area contributed by atoms with E-state index in [9.17, 15) is 0 Å². The summed E-state index contributed by atoms with van der Waals surface area (Å²) in [6.07, 6.45) is 1.86. The first kappa shape index (κ1) is 13.3. The minimum Gasteiger partial charge on any atom is -0.367 e. The Labute approximate surface area is 117 Å². The molecule has 2 aromatic rings. The summed E-state index contributed by atoms with van der Waals surface area (Å²) in [5, 5.41) is 5.80. The molecule has 1 N–H and O–H groups in total. The zero-order valence-corrected chi connectivity index (χ0v) is 12.9. The number of hydrogen-bond acceptors (Lipinski definition) is 2. The number of nitrogens with zero attached hydrogens (tertiary/aromatic N) is 1. The normalized spacial score (nSPS) is 11.5. The molecule has 0 radical (unpaired) electrons. The van der Waals surface area contributed by atoms with Crippen molar-refractivity contribution in [1.82, 2.24) is 4.98 Å². The van der Waals surface area contributed by atoms with Crippen LogP contribution in [0.2, 0.25) is 0 Å². The molecule has 3 heteroatoms. The number of halogens is 1. The molecule has 18 heavy (non-hydrogen) atoms. The van der Waals surface area contributed by atoms with Crippen molar-refractivity contribution in [1.29, 1.82) is 0 Å². The van der Waals surface area contributed by atoms with Crippen LogP contribution in [0.5, 0.6) is 0 Å². The first-order valence-corrected chi connectivity index (χ1v) is 7.13. The van der Waals surface area contributed by atoms with Gasteiger partial charge in [-0.3, -0.25) is 0 Å². The van der Waals surface area contributed by atoms with E-state index in [2.05, 4.69) is 72.1 Å². The first-order chi connectivity index (χ1) is 8.49. The van der Waals surface area contributed by atoms with E-state index >= 15 is 0 Å². The average molecular weight is 307 g/mol. The molecule has 0 amide bonds. The topological polar surface area (TPSA) is 24.9 Å². The molecule has 0 bridgehead atoms. The molecule has 0 saturated heterocycles. The maximum absolute atomic E-state index is 4.49. The quantitative estimate of drug-likeness (QED) is 0.868. The van der Waals surface area contributed by atoms with Crippen molar-refractivity contribution < 1.29 is 0 Å². The monoisotopic (exact) mass is 306 g/mol. The van der Waals surface area contributed by atoms with Crippen LogP contribution in [0.1, 0.15) is 39.2 Å². The second-order valence-electron chi connectivity index (χ2n) is 5.21. The molecule has 0 aliphatic carbocycles. The molecule has 0 spiro atoms. The molecule has 0 aliphatic heterocycles. The third-order valence-electron chi connectivity index (χ3n) is 2.96. The predicted octanol–water partition coefficient (Wildman–Crippen LogP) is 4.94. The highest BCUT2D eigenvalue weighted by molar-refractivity contribution is 9.10. The Hall–Kier alpha value is -1.09. The van der Waals surface area contributed by atoms with E-state index in [4.69, 9.17) is 0 Å². The Kier molecular flexibility index (Phi) is 3.91. The van der Waals surface area contributed by atoms with Gasteiger partial charge in [-0.1, -0.05) is 26.0 Å². The van der Waals surface area contributed by atoms with Gasteiger partial charge >= 0.3 is 0 Å². The van der Waals surface area contributed by atoms with Gasteiger partial charge in [-0.05, 0) is 47.3 Å². The van der Waals surface area contributed by atoms with Crippen molar-refractivity contribution in [3.05, 3.63) is 34.4 Å². The number of anilines is 1. The van der Waals surface area contributed by atoms with Crippen LogP contribution in [0.4, 0.5) is 5.82 Å². The number of pyridine rings is 1. The van der Waals surface area contributed by atoms with Crippen molar-refractivity contribution in [2.45, 2.75) is 39.7 Å². The highest BCUT2D eigenvalue weighted by atomic mass is 79.9. The number of rotatable bonds is 3. The number of aromatic nitrogens is 1. The summed E-state index contributed by atoms with van der Waals surface area (Å²) in [5.74, 6) is 1.49. The smallest absolute Gasteiger partial charge is 0.134 e. The third kappa shape index (κ3) is 2.66. The van der Waals surface area contributed by atoms with Crippen molar-refractivity contribution >= 4 is 32.5 Å². The lowest BCUT2D eigenvalue weighted by Crippen LogP contribution is -2.11. The number of fused-ring (bicyclic) bond motifs is 1. The van der Waals surface area contributed by atoms with Gasteiger partial charge in [0.25, 0.3) is 0 Å². The SMILES string of the molecule is CC(C)Nc1ncc(Br)c2ccc(C(C)C)cc12. The lowest BCUT2D eigenvalue weighted by molar-refractivity contribution is 0.868. The van der Waals surface area contributed by atoms with E-state index in [1.807, 2.05) is 6.20 Å². The number of benzene rings is 1. The second-order valence-corrected chi connectivity index (χ2v) is 6.07. The fourth-order valence-electron chi connectivity index (χ4n) is 1.97. The highest BCUT2D eigenvalue weighted by Gasteiger charge is 2.09. The molecule has 1 heterocycles. The van der Waals surface area contributed by atoms with Crippen LogP contribution in [0.15, 0.2) is 28.9 Å². The lowest BCUT2D eigenvalue weighted by atomic mass is 10.00. The van der Waals surface area contributed by atoms with Crippen molar-refractivity contribution in [2.75, 3.05) is 5.32 Å². The Balaban J connectivity index is 2.63. The number of nitrogens with one attached hydrogen (secondary N) is 1. The fourth-order valence-corrected chi connectivity index (χ4v) is 2.42. The highest BCUT2D eigenvalue weighted by Crippen LogP contribution is 2.31. The Bertz CT molecular complexity index is 562. The molecule has 1 aromatic carbocycles. The van der Waals surface area contributed by atoms with Crippen LogP contribution in [0, 0.1) is 0 Å². The zero-order chi connectivity index (χ0) is 13.3. The van der Waals surface area contributed by atoms with Crippen LogP contribution >= 0.6 is 15.9 Å². The minimum absolute atomic E-state index is 0.379. The predicted molar refractivity (Wildman–Crippen MR) is 82.3 cm³/mol. The van der Waals surface area contributed by atoms with Gasteiger partial charge in [0, 0.05) is 27.5 Å². The molecule has 2 rings (SSSR count). The van der Waals surface area contributed by atoms with Crippen molar-refractivity contribution in [2.24, 2.45) is 0 Å². The summed E-state index contributed by atoms with van der Waals surface area (Å²) >= 11 is 3.57. The van der Waals surface area contributed by atoms with Gasteiger partial charge < -0.3 is 5.32 Å². The summed E-state index contributed by atoms with van der Waals surface area (Å²) in [7, 11) is 0. The van der Waals surface area contributed by atoms with E-state index in [0.717, 1.165) is 10.3 Å². The van der Waals surface area contributed by atoms with Gasteiger partial charge in [0.1, 0.15) is 5.82 Å². The fraction of sp³-hybridized carbons (Fsp3) is 0.400. The molecule has 2 nitrogen and oxygen atoms in total. The summed E-state index contributed by atoms with van der Waals surface area (Å²) in [6, 6.07) is 6.98. The Morgan fingerprint density at radius 1 is 1.11 bits per heavy atom. The van der Waals surface area contributed by atoms with E-state index in [1.54, 1.807) is 0 Å². The maximum atomic E-state index is 4.49. The number of hydrogen-bond donors (Lipinski definition) is 1. The molecule has 0 aliphatic rings. The van der Waals surface area contributed by atoms with Gasteiger partial charge in [0.15, 0.2) is 0 Å². The summed E-state index contributed by atoms with van der Waals surface area (Å²) < 4.78 is 1.04. The molecule has 0 fully saturated rings. The Morgan fingerprint density at radius 2 is 1.83 bits per heavy atom. The Morgan fingerprint density at radius 3 is 2.44 bits per heavy atom. The summed E-state index contributed by atoms with van der Waals surface area (Å²) in [4.78, 5) is 4.49. The van der Waals surface area contributed by atoms with Crippen LogP contribution in [-0.2, 0) is 0 Å². The van der Waals surface area contributed by atoms with Crippen LogP contribution < -0.4 is 5.32 Å².